The Hall–Kier alpha value is -0.120. The molecular formula is C16H34N2O. The van der Waals surface area contributed by atoms with Gasteiger partial charge in [-0.3, -0.25) is 0 Å². The van der Waals surface area contributed by atoms with Crippen molar-refractivity contribution in [1.29, 1.82) is 0 Å². The molecule has 0 aliphatic carbocycles. The lowest BCUT2D eigenvalue weighted by Crippen LogP contribution is -2.61. The van der Waals surface area contributed by atoms with Gasteiger partial charge in [-0.1, -0.05) is 6.92 Å². The summed E-state index contributed by atoms with van der Waals surface area (Å²) in [6.45, 7) is 16.7. The first kappa shape index (κ1) is 16.9. The molecule has 1 heterocycles. The average Bonchev–Trinajstić information content (AvgIpc) is 2.42. The van der Waals surface area contributed by atoms with E-state index in [-0.39, 0.29) is 16.7 Å². The number of ether oxygens (including phenoxy) is 1. The SMILES string of the molecule is CCNC(C1CC(C)(C)OC1(C)C)C(C)(C)N(C)C. The smallest absolute Gasteiger partial charge is 0.0678 e. The normalized spacial score (nSPS) is 27.8. The molecule has 2 atom stereocenters. The van der Waals surface area contributed by atoms with E-state index in [0.717, 1.165) is 13.0 Å². The summed E-state index contributed by atoms with van der Waals surface area (Å²) in [6, 6.07) is 0.421. The second kappa shape index (κ2) is 5.34. The molecule has 19 heavy (non-hydrogen) atoms. The molecule has 0 aromatic carbocycles. The van der Waals surface area contributed by atoms with Gasteiger partial charge in [0.05, 0.1) is 11.2 Å². The van der Waals surface area contributed by atoms with Gasteiger partial charge in [-0.2, -0.15) is 0 Å². The minimum atomic E-state index is -0.0797. The van der Waals surface area contributed by atoms with Crippen LogP contribution in [0.1, 0.15) is 54.9 Å². The van der Waals surface area contributed by atoms with Crippen molar-refractivity contribution in [2.24, 2.45) is 5.92 Å². The minimum Gasteiger partial charge on any atom is -0.369 e. The zero-order valence-electron chi connectivity index (χ0n) is 14.4. The summed E-state index contributed by atoms with van der Waals surface area (Å²) in [4.78, 5) is 2.32. The fourth-order valence-electron chi connectivity index (χ4n) is 3.51. The molecule has 114 valence electrons. The molecular weight excluding hydrogens is 236 g/mol. The number of nitrogens with one attached hydrogen (secondary N) is 1. The molecule has 0 amide bonds. The molecule has 1 aliphatic rings. The van der Waals surface area contributed by atoms with E-state index in [0.29, 0.717) is 12.0 Å². The standard InChI is InChI=1S/C16H34N2O/c1-10-17-13(15(4,5)18(8)9)12-11-14(2,3)19-16(12,6)7/h12-13,17H,10-11H2,1-9H3. The molecule has 0 spiro atoms. The van der Waals surface area contributed by atoms with Crippen molar-refractivity contribution in [2.45, 2.75) is 77.7 Å². The molecule has 2 unspecified atom stereocenters. The van der Waals surface area contributed by atoms with Crippen molar-refractivity contribution in [3.63, 3.8) is 0 Å². The largest absolute Gasteiger partial charge is 0.369 e. The topological polar surface area (TPSA) is 24.5 Å². The first-order chi connectivity index (χ1) is 8.44. The Kier molecular flexibility index (Phi) is 4.76. The predicted octanol–water partition coefficient (Wildman–Crippen LogP) is 2.90. The van der Waals surface area contributed by atoms with Gasteiger partial charge in [0.15, 0.2) is 0 Å². The summed E-state index contributed by atoms with van der Waals surface area (Å²) in [5.41, 5.74) is -0.00439. The highest BCUT2D eigenvalue weighted by molar-refractivity contribution is 5.06. The zero-order chi connectivity index (χ0) is 15.1. The third-order valence-corrected chi connectivity index (χ3v) is 4.88. The lowest BCUT2D eigenvalue weighted by atomic mass is 9.74. The maximum Gasteiger partial charge on any atom is 0.0678 e. The molecule has 1 N–H and O–H groups in total. The van der Waals surface area contributed by atoms with Crippen LogP contribution in [-0.2, 0) is 4.74 Å². The van der Waals surface area contributed by atoms with Gasteiger partial charge in [-0.05, 0) is 68.6 Å². The second-order valence-corrected chi connectivity index (χ2v) is 7.86. The zero-order valence-corrected chi connectivity index (χ0v) is 14.4. The molecule has 1 saturated heterocycles. The highest BCUT2D eigenvalue weighted by Gasteiger charge is 2.52. The van der Waals surface area contributed by atoms with E-state index in [4.69, 9.17) is 4.74 Å². The lowest BCUT2D eigenvalue weighted by molar-refractivity contribution is -0.0830. The number of hydrogen-bond acceptors (Lipinski definition) is 3. The summed E-state index contributed by atoms with van der Waals surface area (Å²) in [5.74, 6) is 0.514. The van der Waals surface area contributed by atoms with Crippen LogP contribution in [0.4, 0.5) is 0 Å². The van der Waals surface area contributed by atoms with E-state index in [1.54, 1.807) is 0 Å². The predicted molar refractivity (Wildman–Crippen MR) is 82.6 cm³/mol. The highest BCUT2D eigenvalue weighted by atomic mass is 16.5. The van der Waals surface area contributed by atoms with Gasteiger partial charge in [0, 0.05) is 17.5 Å². The van der Waals surface area contributed by atoms with Crippen molar-refractivity contribution in [3.05, 3.63) is 0 Å². The summed E-state index contributed by atoms with van der Waals surface area (Å²) in [7, 11) is 4.33. The first-order valence-electron chi connectivity index (χ1n) is 7.55. The fraction of sp³-hybridized carbons (Fsp3) is 1.00. The summed E-state index contributed by atoms with van der Waals surface area (Å²) >= 11 is 0. The van der Waals surface area contributed by atoms with Crippen LogP contribution < -0.4 is 5.32 Å². The maximum absolute atomic E-state index is 6.29. The van der Waals surface area contributed by atoms with E-state index in [1.807, 2.05) is 0 Å². The number of likely N-dealkylation sites (N-methyl/N-ethyl adjacent to an activating group) is 2. The Bertz CT molecular complexity index is 308. The Balaban J connectivity index is 3.07. The van der Waals surface area contributed by atoms with Crippen LogP contribution >= 0.6 is 0 Å². The molecule has 0 saturated carbocycles. The Morgan fingerprint density at radius 2 is 1.79 bits per heavy atom. The quantitative estimate of drug-likeness (QED) is 0.831. The van der Waals surface area contributed by atoms with Crippen molar-refractivity contribution in [1.82, 2.24) is 10.2 Å². The maximum atomic E-state index is 6.29. The third-order valence-electron chi connectivity index (χ3n) is 4.88. The van der Waals surface area contributed by atoms with Crippen molar-refractivity contribution in [2.75, 3.05) is 20.6 Å². The van der Waals surface area contributed by atoms with E-state index < -0.39 is 0 Å². The minimum absolute atomic E-state index is 0.0236. The average molecular weight is 270 g/mol. The van der Waals surface area contributed by atoms with Crippen molar-refractivity contribution in [3.8, 4) is 0 Å². The highest BCUT2D eigenvalue weighted by Crippen LogP contribution is 2.46. The molecule has 0 aromatic heterocycles. The number of rotatable bonds is 5. The van der Waals surface area contributed by atoms with Crippen molar-refractivity contribution >= 4 is 0 Å². The van der Waals surface area contributed by atoms with Crippen molar-refractivity contribution < 1.29 is 4.74 Å². The second-order valence-electron chi connectivity index (χ2n) is 7.86. The van der Waals surface area contributed by atoms with Gasteiger partial charge in [0.1, 0.15) is 0 Å². The van der Waals surface area contributed by atoms with Crippen LogP contribution in [0.5, 0.6) is 0 Å². The molecule has 0 radical (unpaired) electrons. The molecule has 1 fully saturated rings. The van der Waals surface area contributed by atoms with Gasteiger partial charge in [-0.15, -0.1) is 0 Å². The summed E-state index contributed by atoms with van der Waals surface area (Å²) in [6.07, 6.45) is 1.11. The molecule has 3 nitrogen and oxygen atoms in total. The van der Waals surface area contributed by atoms with E-state index in [1.165, 1.54) is 0 Å². The van der Waals surface area contributed by atoms with Crippen LogP contribution in [0.2, 0.25) is 0 Å². The monoisotopic (exact) mass is 270 g/mol. The summed E-state index contributed by atoms with van der Waals surface area (Å²) in [5, 5.41) is 3.72. The molecule has 0 bridgehead atoms. The van der Waals surface area contributed by atoms with Gasteiger partial charge in [0.2, 0.25) is 0 Å². The van der Waals surface area contributed by atoms with Crippen LogP contribution in [0.3, 0.4) is 0 Å². The lowest BCUT2D eigenvalue weighted by Gasteiger charge is -2.46. The molecule has 1 rings (SSSR count). The van der Waals surface area contributed by atoms with E-state index >= 15 is 0 Å². The summed E-state index contributed by atoms with van der Waals surface area (Å²) < 4.78 is 6.29. The van der Waals surface area contributed by atoms with Crippen LogP contribution in [0.15, 0.2) is 0 Å². The molecule has 1 aliphatic heterocycles. The number of nitrogens with zero attached hydrogens (tertiary/aromatic N) is 1. The van der Waals surface area contributed by atoms with Crippen LogP contribution in [-0.4, -0.2) is 48.3 Å². The van der Waals surface area contributed by atoms with Crippen LogP contribution in [0, 0.1) is 5.92 Å². The Morgan fingerprint density at radius 1 is 1.26 bits per heavy atom. The van der Waals surface area contributed by atoms with Gasteiger partial charge >= 0.3 is 0 Å². The van der Waals surface area contributed by atoms with E-state index in [2.05, 4.69) is 72.8 Å². The van der Waals surface area contributed by atoms with E-state index in [9.17, 15) is 0 Å². The number of hydrogen-bond donors (Lipinski definition) is 1. The van der Waals surface area contributed by atoms with Gasteiger partial charge < -0.3 is 15.0 Å². The third kappa shape index (κ3) is 3.50. The first-order valence-corrected chi connectivity index (χ1v) is 7.55. The fourth-order valence-corrected chi connectivity index (χ4v) is 3.51. The Morgan fingerprint density at radius 3 is 2.11 bits per heavy atom. The van der Waals surface area contributed by atoms with Gasteiger partial charge in [0.25, 0.3) is 0 Å². The van der Waals surface area contributed by atoms with Gasteiger partial charge in [-0.25, -0.2) is 0 Å². The molecule has 3 heteroatoms. The Labute approximate surface area is 120 Å². The van der Waals surface area contributed by atoms with Crippen LogP contribution in [0.25, 0.3) is 0 Å². The molecule has 0 aromatic rings.